The van der Waals surface area contributed by atoms with Crippen LogP contribution >= 0.6 is 11.3 Å². The molecule has 2 N–H and O–H groups in total. The fraction of sp³-hybridized carbons (Fsp3) is 0.364. The van der Waals surface area contributed by atoms with E-state index in [1.807, 2.05) is 0 Å². The zero-order valence-electron chi connectivity index (χ0n) is 10.4. The fourth-order valence-electron chi connectivity index (χ4n) is 2.22. The van der Waals surface area contributed by atoms with Crippen molar-refractivity contribution in [3.05, 3.63) is 18.2 Å². The Kier molecular flexibility index (Phi) is 2.60. The molecule has 0 saturated carbocycles. The van der Waals surface area contributed by atoms with Crippen molar-refractivity contribution in [2.45, 2.75) is 18.9 Å². The van der Waals surface area contributed by atoms with E-state index in [1.165, 1.54) is 11.3 Å². The smallest absolute Gasteiger partial charge is 0.235 e. The van der Waals surface area contributed by atoms with Crippen molar-refractivity contribution in [1.82, 2.24) is 29.8 Å². The molecule has 1 saturated heterocycles. The van der Waals surface area contributed by atoms with Crippen LogP contribution in [0.2, 0.25) is 0 Å². The van der Waals surface area contributed by atoms with Crippen LogP contribution in [0.4, 0.5) is 5.82 Å². The average Bonchev–Trinajstić information content (AvgIpc) is 3.14. The van der Waals surface area contributed by atoms with E-state index in [4.69, 9.17) is 10.5 Å². The number of nitrogens with two attached hydrogens (primary N) is 1. The van der Waals surface area contributed by atoms with Gasteiger partial charge in [-0.3, -0.25) is 0 Å². The monoisotopic (exact) mass is 289 g/mol. The standard InChI is InChI=1S/C11H11N7OS/c12-8-7(13-3-4-14-8)10-17-18-9(6-2-1-5-19-6)15-16-11(18)20-10/h3-4,6H,1-2,5H2,(H2,12,14). The van der Waals surface area contributed by atoms with Crippen molar-refractivity contribution < 1.29 is 4.74 Å². The molecule has 0 radical (unpaired) electrons. The highest BCUT2D eigenvalue weighted by molar-refractivity contribution is 7.19. The Bertz CT molecular complexity index is 761. The predicted molar refractivity (Wildman–Crippen MR) is 72.0 cm³/mol. The Morgan fingerprint density at radius 3 is 3.00 bits per heavy atom. The molecule has 0 aliphatic carbocycles. The van der Waals surface area contributed by atoms with Gasteiger partial charge in [-0.05, 0) is 12.8 Å². The SMILES string of the molecule is Nc1nccnc1-c1nn2c(C3CCCO3)nnc2s1. The predicted octanol–water partition coefficient (Wildman–Crippen LogP) is 1.08. The Morgan fingerprint density at radius 1 is 1.30 bits per heavy atom. The zero-order valence-corrected chi connectivity index (χ0v) is 11.2. The molecule has 3 aromatic rings. The van der Waals surface area contributed by atoms with Gasteiger partial charge >= 0.3 is 0 Å². The molecule has 1 atom stereocenters. The van der Waals surface area contributed by atoms with E-state index in [9.17, 15) is 0 Å². The lowest BCUT2D eigenvalue weighted by molar-refractivity contribution is 0.103. The zero-order chi connectivity index (χ0) is 13.5. The summed E-state index contributed by atoms with van der Waals surface area (Å²) >= 11 is 1.38. The second-order valence-electron chi connectivity index (χ2n) is 4.45. The summed E-state index contributed by atoms with van der Waals surface area (Å²) in [6.07, 6.45) is 5.10. The van der Waals surface area contributed by atoms with E-state index in [0.29, 0.717) is 21.5 Å². The molecule has 0 amide bonds. The Balaban J connectivity index is 1.81. The van der Waals surface area contributed by atoms with Crippen molar-refractivity contribution in [3.8, 4) is 10.7 Å². The number of rotatable bonds is 2. The largest absolute Gasteiger partial charge is 0.382 e. The highest BCUT2D eigenvalue weighted by Crippen LogP contribution is 2.31. The summed E-state index contributed by atoms with van der Waals surface area (Å²) in [5.74, 6) is 1.10. The minimum Gasteiger partial charge on any atom is -0.382 e. The van der Waals surface area contributed by atoms with Crippen molar-refractivity contribution in [2.75, 3.05) is 12.3 Å². The first kappa shape index (κ1) is 11.7. The second-order valence-corrected chi connectivity index (χ2v) is 5.41. The Hall–Kier alpha value is -2.13. The number of nitrogen functional groups attached to an aromatic ring is 1. The van der Waals surface area contributed by atoms with Gasteiger partial charge in [-0.2, -0.15) is 9.61 Å². The van der Waals surface area contributed by atoms with E-state index in [2.05, 4.69) is 25.3 Å². The molecule has 4 heterocycles. The molecule has 8 nitrogen and oxygen atoms in total. The Morgan fingerprint density at radius 2 is 2.20 bits per heavy atom. The maximum atomic E-state index is 5.83. The third-order valence-electron chi connectivity index (χ3n) is 3.16. The van der Waals surface area contributed by atoms with Crippen molar-refractivity contribution >= 4 is 22.1 Å². The van der Waals surface area contributed by atoms with Gasteiger partial charge in [0.1, 0.15) is 11.8 Å². The van der Waals surface area contributed by atoms with Crippen LogP contribution in [0.1, 0.15) is 24.8 Å². The summed E-state index contributed by atoms with van der Waals surface area (Å²) in [7, 11) is 0. The first-order chi connectivity index (χ1) is 9.83. The topological polar surface area (TPSA) is 104 Å². The van der Waals surface area contributed by atoms with Crippen LogP contribution in [0.5, 0.6) is 0 Å². The minimum atomic E-state index is -0.0286. The van der Waals surface area contributed by atoms with Gasteiger partial charge in [-0.15, -0.1) is 10.2 Å². The maximum Gasteiger partial charge on any atom is 0.235 e. The fourth-order valence-corrected chi connectivity index (χ4v) is 3.08. The van der Waals surface area contributed by atoms with Crippen LogP contribution in [-0.4, -0.2) is 36.4 Å². The molecule has 20 heavy (non-hydrogen) atoms. The third kappa shape index (κ3) is 1.74. The number of anilines is 1. The molecule has 0 bridgehead atoms. The van der Waals surface area contributed by atoms with E-state index < -0.39 is 0 Å². The molecule has 0 aromatic carbocycles. The van der Waals surface area contributed by atoms with Gasteiger partial charge in [0.2, 0.25) is 4.96 Å². The van der Waals surface area contributed by atoms with Gasteiger partial charge in [-0.1, -0.05) is 11.3 Å². The lowest BCUT2D eigenvalue weighted by Gasteiger charge is -2.04. The molecule has 3 aromatic heterocycles. The van der Waals surface area contributed by atoms with Crippen LogP contribution < -0.4 is 5.73 Å². The third-order valence-corrected chi connectivity index (χ3v) is 4.07. The van der Waals surface area contributed by atoms with Crippen LogP contribution in [0.15, 0.2) is 12.4 Å². The van der Waals surface area contributed by atoms with Crippen LogP contribution in [0, 0.1) is 0 Å². The van der Waals surface area contributed by atoms with Crippen LogP contribution in [0.25, 0.3) is 15.7 Å². The summed E-state index contributed by atoms with van der Waals surface area (Å²) in [4.78, 5) is 8.94. The molecule has 9 heteroatoms. The van der Waals surface area contributed by atoms with E-state index in [1.54, 1.807) is 16.9 Å². The summed E-state index contributed by atoms with van der Waals surface area (Å²) in [5.41, 5.74) is 6.40. The van der Waals surface area contributed by atoms with E-state index in [-0.39, 0.29) is 6.10 Å². The van der Waals surface area contributed by atoms with E-state index in [0.717, 1.165) is 25.3 Å². The highest BCUT2D eigenvalue weighted by Gasteiger charge is 2.25. The minimum absolute atomic E-state index is 0.0286. The number of fused-ring (bicyclic) bond motifs is 1. The molecule has 102 valence electrons. The van der Waals surface area contributed by atoms with Gasteiger partial charge in [-0.25, -0.2) is 9.97 Å². The number of hydrogen-bond acceptors (Lipinski definition) is 8. The van der Waals surface area contributed by atoms with E-state index >= 15 is 0 Å². The first-order valence-corrected chi connectivity index (χ1v) is 7.05. The Labute approximate surface area is 117 Å². The molecular formula is C11H11N7OS. The first-order valence-electron chi connectivity index (χ1n) is 6.23. The van der Waals surface area contributed by atoms with Gasteiger partial charge in [0.05, 0.1) is 0 Å². The lowest BCUT2D eigenvalue weighted by atomic mass is 10.2. The van der Waals surface area contributed by atoms with Gasteiger partial charge in [0, 0.05) is 19.0 Å². The number of nitrogens with zero attached hydrogens (tertiary/aromatic N) is 6. The summed E-state index contributed by atoms with van der Waals surface area (Å²) in [5, 5.41) is 13.5. The summed E-state index contributed by atoms with van der Waals surface area (Å²) in [6.45, 7) is 0.758. The van der Waals surface area contributed by atoms with Crippen LogP contribution in [-0.2, 0) is 4.74 Å². The summed E-state index contributed by atoms with van der Waals surface area (Å²) < 4.78 is 7.35. The molecule has 0 spiro atoms. The van der Waals surface area contributed by atoms with Crippen LogP contribution in [0.3, 0.4) is 0 Å². The number of ether oxygens (including phenoxy) is 1. The van der Waals surface area contributed by atoms with Crippen molar-refractivity contribution in [3.63, 3.8) is 0 Å². The second kappa shape index (κ2) is 4.46. The van der Waals surface area contributed by atoms with Gasteiger partial charge in [0.25, 0.3) is 0 Å². The molecule has 4 rings (SSSR count). The molecule has 1 fully saturated rings. The molecule has 1 aliphatic rings. The lowest BCUT2D eigenvalue weighted by Crippen LogP contribution is -2.04. The normalized spacial score (nSPS) is 18.9. The highest BCUT2D eigenvalue weighted by atomic mass is 32.1. The van der Waals surface area contributed by atoms with Gasteiger partial charge < -0.3 is 10.5 Å². The van der Waals surface area contributed by atoms with Gasteiger partial charge in [0.15, 0.2) is 16.6 Å². The quantitative estimate of drug-likeness (QED) is 0.752. The maximum absolute atomic E-state index is 5.83. The molecular weight excluding hydrogens is 278 g/mol. The summed E-state index contributed by atoms with van der Waals surface area (Å²) in [6, 6.07) is 0. The molecule has 1 aliphatic heterocycles. The number of hydrogen-bond donors (Lipinski definition) is 1. The average molecular weight is 289 g/mol. The van der Waals surface area contributed by atoms with Crippen molar-refractivity contribution in [1.29, 1.82) is 0 Å². The molecule has 1 unspecified atom stereocenters. The van der Waals surface area contributed by atoms with Crippen molar-refractivity contribution in [2.24, 2.45) is 0 Å². The number of aromatic nitrogens is 6.